The van der Waals surface area contributed by atoms with Crippen molar-refractivity contribution >= 4 is 5.82 Å². The second kappa shape index (κ2) is 5.16. The lowest BCUT2D eigenvalue weighted by Gasteiger charge is -2.35. The van der Waals surface area contributed by atoms with E-state index >= 15 is 0 Å². The molecule has 5 nitrogen and oxygen atoms in total. The molecule has 1 saturated heterocycles. The molecule has 5 heteroatoms. The second-order valence-corrected chi connectivity index (χ2v) is 5.07. The standard InChI is InChI=1S/C14H17N3O2/c15-9-11-1-2-13(16-10-11)17-12-3-5-14(6-4-12)18-7-8-19-14/h1-2,10,12H,3-8H2,(H,16,17). The zero-order valence-corrected chi connectivity index (χ0v) is 10.8. The van der Waals surface area contributed by atoms with Gasteiger partial charge in [-0.1, -0.05) is 0 Å². The zero-order valence-electron chi connectivity index (χ0n) is 10.8. The quantitative estimate of drug-likeness (QED) is 0.880. The minimum absolute atomic E-state index is 0.309. The van der Waals surface area contributed by atoms with Crippen LogP contribution in [-0.4, -0.2) is 30.0 Å². The SMILES string of the molecule is N#Cc1ccc(NC2CCC3(CC2)OCCO3)nc1. The molecule has 0 unspecified atom stereocenters. The Hall–Kier alpha value is -1.64. The van der Waals surface area contributed by atoms with Crippen LogP contribution in [0.2, 0.25) is 0 Å². The lowest BCUT2D eigenvalue weighted by Crippen LogP contribution is -2.39. The van der Waals surface area contributed by atoms with Crippen molar-refractivity contribution in [3.05, 3.63) is 23.9 Å². The van der Waals surface area contributed by atoms with E-state index in [0.717, 1.165) is 44.7 Å². The van der Waals surface area contributed by atoms with Crippen molar-refractivity contribution in [2.75, 3.05) is 18.5 Å². The maximum absolute atomic E-state index is 8.73. The third kappa shape index (κ3) is 2.70. The topological polar surface area (TPSA) is 67.2 Å². The highest BCUT2D eigenvalue weighted by atomic mass is 16.7. The van der Waals surface area contributed by atoms with Crippen LogP contribution in [0.5, 0.6) is 0 Å². The minimum Gasteiger partial charge on any atom is -0.367 e. The summed E-state index contributed by atoms with van der Waals surface area (Å²) in [6, 6.07) is 6.10. The van der Waals surface area contributed by atoms with E-state index in [4.69, 9.17) is 14.7 Å². The lowest BCUT2D eigenvalue weighted by atomic mass is 9.90. The monoisotopic (exact) mass is 259 g/mol. The van der Waals surface area contributed by atoms with E-state index in [1.54, 1.807) is 12.3 Å². The summed E-state index contributed by atoms with van der Waals surface area (Å²) in [4.78, 5) is 4.24. The zero-order chi connectivity index (χ0) is 13.1. The molecule has 1 aromatic rings. The van der Waals surface area contributed by atoms with Gasteiger partial charge in [0.2, 0.25) is 0 Å². The van der Waals surface area contributed by atoms with Crippen molar-refractivity contribution in [2.24, 2.45) is 0 Å². The molecule has 0 radical (unpaired) electrons. The minimum atomic E-state index is -0.309. The van der Waals surface area contributed by atoms with Crippen molar-refractivity contribution in [1.82, 2.24) is 4.98 Å². The average molecular weight is 259 g/mol. The molecule has 0 aromatic carbocycles. The number of anilines is 1. The average Bonchev–Trinajstić information content (AvgIpc) is 2.91. The van der Waals surface area contributed by atoms with Crippen molar-refractivity contribution in [2.45, 2.75) is 37.5 Å². The number of pyridine rings is 1. The molecule has 1 N–H and O–H groups in total. The lowest BCUT2D eigenvalue weighted by molar-refractivity contribution is -0.177. The van der Waals surface area contributed by atoms with Crippen LogP contribution in [0.3, 0.4) is 0 Å². The first-order chi connectivity index (χ1) is 9.30. The van der Waals surface area contributed by atoms with Crippen LogP contribution in [0, 0.1) is 11.3 Å². The molecule has 2 aliphatic rings. The van der Waals surface area contributed by atoms with Gasteiger partial charge in [0.1, 0.15) is 11.9 Å². The van der Waals surface area contributed by atoms with Crippen LogP contribution in [0.4, 0.5) is 5.82 Å². The molecule has 1 aliphatic heterocycles. The van der Waals surface area contributed by atoms with Gasteiger partial charge in [0.15, 0.2) is 5.79 Å². The number of nitriles is 1. The summed E-state index contributed by atoms with van der Waals surface area (Å²) in [5.41, 5.74) is 0.584. The van der Waals surface area contributed by atoms with Gasteiger partial charge >= 0.3 is 0 Å². The Labute approximate surface area is 112 Å². The first-order valence-corrected chi connectivity index (χ1v) is 6.70. The Morgan fingerprint density at radius 3 is 2.58 bits per heavy atom. The Kier molecular flexibility index (Phi) is 3.36. The maximum Gasteiger partial charge on any atom is 0.168 e. The van der Waals surface area contributed by atoms with E-state index in [-0.39, 0.29) is 5.79 Å². The molecule has 19 heavy (non-hydrogen) atoms. The summed E-state index contributed by atoms with van der Waals surface area (Å²) in [5, 5.41) is 12.1. The van der Waals surface area contributed by atoms with Crippen LogP contribution in [0.25, 0.3) is 0 Å². The van der Waals surface area contributed by atoms with Crippen molar-refractivity contribution in [3.63, 3.8) is 0 Å². The molecule has 1 aromatic heterocycles. The summed E-state index contributed by atoms with van der Waals surface area (Å²) in [6.45, 7) is 1.44. The molecule has 0 amide bonds. The van der Waals surface area contributed by atoms with Gasteiger partial charge in [0.25, 0.3) is 0 Å². The molecule has 2 fully saturated rings. The largest absolute Gasteiger partial charge is 0.367 e. The number of nitrogens with one attached hydrogen (secondary N) is 1. The Balaban J connectivity index is 1.55. The fourth-order valence-electron chi connectivity index (χ4n) is 2.74. The van der Waals surface area contributed by atoms with E-state index in [0.29, 0.717) is 11.6 Å². The highest BCUT2D eigenvalue weighted by Gasteiger charge is 2.40. The molecule has 3 rings (SSSR count). The summed E-state index contributed by atoms with van der Waals surface area (Å²) in [5.74, 6) is 0.518. The van der Waals surface area contributed by atoms with Crippen LogP contribution in [0.1, 0.15) is 31.2 Å². The van der Waals surface area contributed by atoms with E-state index in [1.807, 2.05) is 6.07 Å². The van der Waals surface area contributed by atoms with Crippen LogP contribution in [-0.2, 0) is 9.47 Å². The van der Waals surface area contributed by atoms with E-state index in [1.165, 1.54) is 0 Å². The van der Waals surface area contributed by atoms with Crippen molar-refractivity contribution in [3.8, 4) is 6.07 Å². The molecule has 1 aliphatic carbocycles. The van der Waals surface area contributed by atoms with Gasteiger partial charge in [-0.25, -0.2) is 4.98 Å². The fraction of sp³-hybridized carbons (Fsp3) is 0.571. The molecule has 0 bridgehead atoms. The molecule has 100 valence electrons. The second-order valence-electron chi connectivity index (χ2n) is 5.07. The predicted molar refractivity (Wildman–Crippen MR) is 69.5 cm³/mol. The summed E-state index contributed by atoms with van der Waals surface area (Å²) in [7, 11) is 0. The Morgan fingerprint density at radius 2 is 2.00 bits per heavy atom. The summed E-state index contributed by atoms with van der Waals surface area (Å²) >= 11 is 0. The van der Waals surface area contributed by atoms with Crippen LogP contribution < -0.4 is 5.32 Å². The summed E-state index contributed by atoms with van der Waals surface area (Å²) < 4.78 is 11.4. The third-order valence-corrected chi connectivity index (χ3v) is 3.81. The first kappa shape index (κ1) is 12.4. The molecular formula is C14H17N3O2. The smallest absolute Gasteiger partial charge is 0.168 e. The summed E-state index contributed by atoms with van der Waals surface area (Å²) in [6.07, 6.45) is 5.49. The number of ether oxygens (including phenoxy) is 2. The number of hydrogen-bond donors (Lipinski definition) is 1. The van der Waals surface area contributed by atoms with Gasteiger partial charge in [-0.3, -0.25) is 0 Å². The number of aromatic nitrogens is 1. The normalized spacial score (nSPS) is 22.3. The third-order valence-electron chi connectivity index (χ3n) is 3.81. The van der Waals surface area contributed by atoms with E-state index < -0.39 is 0 Å². The number of hydrogen-bond acceptors (Lipinski definition) is 5. The fourth-order valence-corrected chi connectivity index (χ4v) is 2.74. The molecule has 1 spiro atoms. The molecule has 1 saturated carbocycles. The van der Waals surface area contributed by atoms with Gasteiger partial charge in [-0.15, -0.1) is 0 Å². The Bertz CT molecular complexity index is 464. The van der Waals surface area contributed by atoms with Gasteiger partial charge in [0, 0.05) is 25.1 Å². The molecule has 2 heterocycles. The Morgan fingerprint density at radius 1 is 1.26 bits per heavy atom. The van der Waals surface area contributed by atoms with E-state index in [2.05, 4.69) is 16.4 Å². The van der Waals surface area contributed by atoms with Gasteiger partial charge < -0.3 is 14.8 Å². The van der Waals surface area contributed by atoms with Crippen LogP contribution >= 0.6 is 0 Å². The number of nitrogens with zero attached hydrogens (tertiary/aromatic N) is 2. The predicted octanol–water partition coefficient (Wildman–Crippen LogP) is 2.05. The number of rotatable bonds is 2. The van der Waals surface area contributed by atoms with Crippen molar-refractivity contribution < 1.29 is 9.47 Å². The highest BCUT2D eigenvalue weighted by Crippen LogP contribution is 2.36. The van der Waals surface area contributed by atoms with Gasteiger partial charge in [-0.05, 0) is 25.0 Å². The van der Waals surface area contributed by atoms with Gasteiger partial charge in [-0.2, -0.15) is 5.26 Å². The first-order valence-electron chi connectivity index (χ1n) is 6.70. The molecule has 0 atom stereocenters. The van der Waals surface area contributed by atoms with Crippen molar-refractivity contribution in [1.29, 1.82) is 5.26 Å². The van der Waals surface area contributed by atoms with Crippen LogP contribution in [0.15, 0.2) is 18.3 Å². The molecular weight excluding hydrogens is 242 g/mol. The van der Waals surface area contributed by atoms with E-state index in [9.17, 15) is 0 Å². The highest BCUT2D eigenvalue weighted by molar-refractivity contribution is 5.39. The van der Waals surface area contributed by atoms with Gasteiger partial charge in [0.05, 0.1) is 18.8 Å². The maximum atomic E-state index is 8.73.